The SMILES string of the molecule is CSCCNCCCC(=O)N(C)C. The molecule has 0 bridgehead atoms. The van der Waals surface area contributed by atoms with Crippen LogP contribution in [0.2, 0.25) is 0 Å². The quantitative estimate of drug-likeness (QED) is 0.623. The van der Waals surface area contributed by atoms with Crippen LogP contribution in [0.1, 0.15) is 12.8 Å². The molecule has 0 aliphatic rings. The number of rotatable bonds is 7. The second-order valence-corrected chi connectivity index (χ2v) is 4.12. The van der Waals surface area contributed by atoms with Gasteiger partial charge < -0.3 is 10.2 Å². The fourth-order valence-electron chi connectivity index (χ4n) is 0.887. The first-order valence-corrected chi connectivity index (χ1v) is 5.97. The van der Waals surface area contributed by atoms with Crippen LogP contribution in [-0.2, 0) is 4.79 Å². The minimum atomic E-state index is 0.215. The van der Waals surface area contributed by atoms with Crippen LogP contribution < -0.4 is 5.32 Å². The molecule has 1 N–H and O–H groups in total. The van der Waals surface area contributed by atoms with Crippen LogP contribution in [0.4, 0.5) is 0 Å². The smallest absolute Gasteiger partial charge is 0.222 e. The Bertz CT molecular complexity index is 140. The third kappa shape index (κ3) is 8.12. The van der Waals surface area contributed by atoms with E-state index in [1.54, 1.807) is 19.0 Å². The minimum absolute atomic E-state index is 0.215. The zero-order valence-electron chi connectivity index (χ0n) is 8.80. The first-order valence-electron chi connectivity index (χ1n) is 4.58. The van der Waals surface area contributed by atoms with Gasteiger partial charge in [-0.25, -0.2) is 0 Å². The Morgan fingerprint density at radius 1 is 1.38 bits per heavy atom. The maximum atomic E-state index is 11.1. The van der Waals surface area contributed by atoms with Gasteiger partial charge in [0, 0.05) is 32.8 Å². The van der Waals surface area contributed by atoms with Crippen LogP contribution >= 0.6 is 11.8 Å². The highest BCUT2D eigenvalue weighted by Crippen LogP contribution is 1.92. The lowest BCUT2D eigenvalue weighted by Crippen LogP contribution is -2.24. The summed E-state index contributed by atoms with van der Waals surface area (Å²) < 4.78 is 0. The molecule has 3 nitrogen and oxygen atoms in total. The van der Waals surface area contributed by atoms with Crippen molar-refractivity contribution in [1.29, 1.82) is 0 Å². The molecule has 0 aromatic carbocycles. The van der Waals surface area contributed by atoms with Crippen LogP contribution in [0, 0.1) is 0 Å². The van der Waals surface area contributed by atoms with Gasteiger partial charge in [0.1, 0.15) is 0 Å². The standard InChI is InChI=1S/C9H20N2OS/c1-11(2)9(12)5-4-6-10-7-8-13-3/h10H,4-8H2,1-3H3. The number of nitrogens with zero attached hydrogens (tertiary/aromatic N) is 1. The van der Waals surface area contributed by atoms with E-state index in [4.69, 9.17) is 0 Å². The Balaban J connectivity index is 3.12. The van der Waals surface area contributed by atoms with Gasteiger partial charge in [0.15, 0.2) is 0 Å². The number of hydrogen-bond acceptors (Lipinski definition) is 3. The summed E-state index contributed by atoms with van der Waals surface area (Å²) >= 11 is 1.83. The van der Waals surface area contributed by atoms with E-state index < -0.39 is 0 Å². The fraction of sp³-hybridized carbons (Fsp3) is 0.889. The van der Waals surface area contributed by atoms with Crippen molar-refractivity contribution in [3.05, 3.63) is 0 Å². The van der Waals surface area contributed by atoms with Crippen LogP contribution in [-0.4, -0.2) is 50.0 Å². The van der Waals surface area contributed by atoms with Gasteiger partial charge in [-0.15, -0.1) is 0 Å². The third-order valence-electron chi connectivity index (χ3n) is 1.73. The van der Waals surface area contributed by atoms with Gasteiger partial charge in [0.2, 0.25) is 5.91 Å². The van der Waals surface area contributed by atoms with E-state index in [-0.39, 0.29) is 5.91 Å². The van der Waals surface area contributed by atoms with Crippen molar-refractivity contribution in [2.75, 3.05) is 39.2 Å². The van der Waals surface area contributed by atoms with Crippen LogP contribution in [0.15, 0.2) is 0 Å². The van der Waals surface area contributed by atoms with Crippen molar-refractivity contribution in [1.82, 2.24) is 10.2 Å². The predicted molar refractivity (Wildman–Crippen MR) is 59.2 cm³/mol. The van der Waals surface area contributed by atoms with Gasteiger partial charge in [0.05, 0.1) is 0 Å². The molecule has 0 heterocycles. The number of thioether (sulfide) groups is 1. The molecule has 0 radical (unpaired) electrons. The van der Waals surface area contributed by atoms with Crippen molar-refractivity contribution in [3.63, 3.8) is 0 Å². The molecule has 0 aliphatic carbocycles. The monoisotopic (exact) mass is 204 g/mol. The Hall–Kier alpha value is -0.220. The van der Waals surface area contributed by atoms with Gasteiger partial charge in [0.25, 0.3) is 0 Å². The Kier molecular flexibility index (Phi) is 8.24. The predicted octanol–water partition coefficient (Wildman–Crippen LogP) is 0.807. The van der Waals surface area contributed by atoms with Crippen molar-refractivity contribution >= 4 is 17.7 Å². The second kappa shape index (κ2) is 8.38. The summed E-state index contributed by atoms with van der Waals surface area (Å²) in [4.78, 5) is 12.8. The number of amides is 1. The molecule has 0 saturated heterocycles. The van der Waals surface area contributed by atoms with Gasteiger partial charge in [-0.2, -0.15) is 11.8 Å². The molecule has 0 aromatic heterocycles. The lowest BCUT2D eigenvalue weighted by molar-refractivity contribution is -0.128. The van der Waals surface area contributed by atoms with E-state index in [2.05, 4.69) is 11.6 Å². The number of hydrogen-bond donors (Lipinski definition) is 1. The normalized spacial score (nSPS) is 10.1. The van der Waals surface area contributed by atoms with Crippen molar-refractivity contribution in [2.45, 2.75) is 12.8 Å². The van der Waals surface area contributed by atoms with Crippen LogP contribution in [0.25, 0.3) is 0 Å². The van der Waals surface area contributed by atoms with E-state index in [1.807, 2.05) is 11.8 Å². The molecule has 0 spiro atoms. The summed E-state index contributed by atoms with van der Waals surface area (Å²) in [5, 5.41) is 3.29. The molecule has 13 heavy (non-hydrogen) atoms. The van der Waals surface area contributed by atoms with E-state index in [0.717, 1.165) is 25.3 Å². The van der Waals surface area contributed by atoms with Gasteiger partial charge in [-0.3, -0.25) is 4.79 Å². The number of nitrogens with one attached hydrogen (secondary N) is 1. The zero-order chi connectivity index (χ0) is 10.1. The highest BCUT2D eigenvalue weighted by molar-refractivity contribution is 7.98. The first kappa shape index (κ1) is 12.8. The number of carbonyl (C=O) groups is 1. The summed E-state index contributed by atoms with van der Waals surface area (Å²) in [5.41, 5.74) is 0. The van der Waals surface area contributed by atoms with Crippen molar-refractivity contribution < 1.29 is 4.79 Å². The summed E-state index contributed by atoms with van der Waals surface area (Å²) in [6.45, 7) is 1.98. The van der Waals surface area contributed by atoms with Crippen molar-refractivity contribution in [2.24, 2.45) is 0 Å². The van der Waals surface area contributed by atoms with Crippen LogP contribution in [0.3, 0.4) is 0 Å². The molecule has 0 fully saturated rings. The molecule has 0 rings (SSSR count). The summed E-state index contributed by atoms with van der Waals surface area (Å²) in [5.74, 6) is 1.36. The summed E-state index contributed by atoms with van der Waals surface area (Å²) in [7, 11) is 3.59. The molecule has 0 saturated carbocycles. The zero-order valence-corrected chi connectivity index (χ0v) is 9.62. The van der Waals surface area contributed by atoms with Gasteiger partial charge in [-0.1, -0.05) is 0 Å². The van der Waals surface area contributed by atoms with Gasteiger partial charge in [-0.05, 0) is 19.2 Å². The second-order valence-electron chi connectivity index (χ2n) is 3.13. The molecule has 78 valence electrons. The Labute approximate surface area is 85.3 Å². The maximum Gasteiger partial charge on any atom is 0.222 e. The topological polar surface area (TPSA) is 32.3 Å². The van der Waals surface area contributed by atoms with E-state index >= 15 is 0 Å². The average molecular weight is 204 g/mol. The van der Waals surface area contributed by atoms with Gasteiger partial charge >= 0.3 is 0 Å². The average Bonchev–Trinajstić information content (AvgIpc) is 2.10. The Morgan fingerprint density at radius 3 is 2.62 bits per heavy atom. The molecule has 0 atom stereocenters. The molecule has 0 aromatic rings. The highest BCUT2D eigenvalue weighted by atomic mass is 32.2. The molecule has 1 amide bonds. The molecule has 0 unspecified atom stereocenters. The number of carbonyl (C=O) groups excluding carboxylic acids is 1. The van der Waals surface area contributed by atoms with Crippen molar-refractivity contribution in [3.8, 4) is 0 Å². The van der Waals surface area contributed by atoms with E-state index in [1.165, 1.54) is 0 Å². The summed E-state index contributed by atoms with van der Waals surface area (Å²) in [6, 6.07) is 0. The fourth-order valence-corrected chi connectivity index (χ4v) is 1.24. The molecular formula is C9H20N2OS. The van der Waals surface area contributed by atoms with E-state index in [0.29, 0.717) is 6.42 Å². The van der Waals surface area contributed by atoms with Crippen LogP contribution in [0.5, 0.6) is 0 Å². The largest absolute Gasteiger partial charge is 0.349 e. The first-order chi connectivity index (χ1) is 6.18. The Morgan fingerprint density at radius 2 is 2.08 bits per heavy atom. The van der Waals surface area contributed by atoms with E-state index in [9.17, 15) is 4.79 Å². The molecule has 0 aliphatic heterocycles. The lowest BCUT2D eigenvalue weighted by atomic mass is 10.3. The lowest BCUT2D eigenvalue weighted by Gasteiger charge is -2.09. The molecular weight excluding hydrogens is 184 g/mol. The maximum absolute atomic E-state index is 11.1. The minimum Gasteiger partial charge on any atom is -0.349 e. The molecule has 4 heteroatoms. The summed E-state index contributed by atoms with van der Waals surface area (Å²) in [6.07, 6.45) is 3.68. The third-order valence-corrected chi connectivity index (χ3v) is 2.34. The highest BCUT2D eigenvalue weighted by Gasteiger charge is 2.01.